The van der Waals surface area contributed by atoms with Gasteiger partial charge in [-0.3, -0.25) is 0 Å². The van der Waals surface area contributed by atoms with Crippen LogP contribution in [0.3, 0.4) is 0 Å². The Kier molecular flexibility index (Phi) is 18.6. The second-order valence-electron chi connectivity index (χ2n) is 34.3. The van der Waals surface area contributed by atoms with Crippen LogP contribution in [-0.2, 0) is 31.0 Å². The van der Waals surface area contributed by atoms with E-state index in [9.17, 15) is 0 Å². The maximum absolute atomic E-state index is 6.64. The van der Waals surface area contributed by atoms with Gasteiger partial charge in [-0.15, -0.1) is 0 Å². The summed E-state index contributed by atoms with van der Waals surface area (Å²) in [5, 5.41) is 0.514. The van der Waals surface area contributed by atoms with Gasteiger partial charge in [0.05, 0.1) is 49.9 Å². The maximum Gasteiger partial charge on any atom is 0.494 e. The molecule has 7 aliphatic rings. The molecule has 3 heterocycles. The quantitative estimate of drug-likeness (QED) is 0.112. The second kappa shape index (κ2) is 29.8. The summed E-state index contributed by atoms with van der Waals surface area (Å²) in [7, 11) is -0.445. The molecule has 6 aliphatic carbocycles. The fourth-order valence-corrected chi connectivity index (χ4v) is 22.3. The van der Waals surface area contributed by atoms with Gasteiger partial charge in [0.25, 0.3) is 0 Å². The third-order valence-electron chi connectivity index (χ3n) is 27.7. The number of fused-ring (bicyclic) bond motifs is 24. The van der Waals surface area contributed by atoms with Gasteiger partial charge in [-0.1, -0.05) is 422 Å². The molecule has 4 unspecified atom stereocenters. The van der Waals surface area contributed by atoms with E-state index in [4.69, 9.17) is 25.9 Å². The van der Waals surface area contributed by atoms with Crippen molar-refractivity contribution < 1.29 is 9.31 Å². The zero-order valence-electron chi connectivity index (χ0n) is 68.1. The van der Waals surface area contributed by atoms with Crippen LogP contribution in [0.2, 0.25) is 5.15 Å². The lowest BCUT2D eigenvalue weighted by atomic mass is 9.52. The minimum atomic E-state index is -0.552. The van der Waals surface area contributed by atoms with Crippen LogP contribution < -0.4 is 5.46 Å². The lowest BCUT2D eigenvalue weighted by Gasteiger charge is -2.48. The Balaban J connectivity index is 0.000000125. The van der Waals surface area contributed by atoms with Crippen molar-refractivity contribution in [2.75, 3.05) is 0 Å². The monoisotopic (exact) mass is 1610 g/mol. The van der Waals surface area contributed by atoms with E-state index in [1.807, 2.05) is 54.6 Å². The van der Waals surface area contributed by atoms with E-state index in [0.29, 0.717) is 5.15 Å². The summed E-state index contributed by atoms with van der Waals surface area (Å²) in [5.41, 5.74) is 40.8. The molecule has 4 atom stereocenters. The zero-order chi connectivity index (χ0) is 81.7. The summed E-state index contributed by atoms with van der Waals surface area (Å²) in [6, 6.07) is 155. The lowest BCUT2D eigenvalue weighted by Crippen LogP contribution is -2.44. The Bertz CT molecular complexity index is 7110. The first-order valence-corrected chi connectivity index (χ1v) is 42.8. The predicted molar refractivity (Wildman–Crippen MR) is 517 cm³/mol. The number of pyridine rings is 2. The van der Waals surface area contributed by atoms with Crippen molar-refractivity contribution in [1.82, 2.24) is 9.97 Å². The number of benzene rings is 16. The van der Waals surface area contributed by atoms with Gasteiger partial charge in [-0.05, 0) is 219 Å². The number of hydrogen-bond acceptors (Lipinski definition) is 4. The number of halogens is 1. The van der Waals surface area contributed by atoms with Crippen LogP contribution >= 0.6 is 11.6 Å². The molecule has 0 radical (unpaired) electrons. The van der Waals surface area contributed by atoms with Crippen molar-refractivity contribution in [2.24, 2.45) is 0 Å². The van der Waals surface area contributed by atoms with E-state index in [0.717, 1.165) is 55.9 Å². The molecule has 1 fully saturated rings. The SMILES string of the molecule is C.CC1(C)OB(c2ccc3c(c2)C2(c4ccccc4-3)c3ccccc3C3(c4ccccc4)c4ccccc4-c4cccc2c43)OC1(C)C.Clc1cc(-c2ccccc2)cc(-c2ccccc2)n1.[BH4-].c1ccc(-c2cc(-c3ccccc3)nc(-c3ccc4c(c3)C3(c5ccccc5-4)c4ccccc4C4(c5ccccc5)c5ccccc5-c5cccc3c54)c2)cc1. The molecular weight excluding hydrogens is 1520 g/mol. The summed E-state index contributed by atoms with van der Waals surface area (Å²) < 4.78 is 13.3. The van der Waals surface area contributed by atoms with Crippen molar-refractivity contribution in [2.45, 2.75) is 68.0 Å². The standard InChI is InChI=1S/C55H35N.C44H35BO2.C17H12ClN.CH4.BH4/c1-4-17-36(18-5-1)39-34-51(37-19-6-2-7-20-37)56-52(35-39)38-31-32-43-41-23-10-13-27-46(41)55(50(43)33-38)48-29-15-14-28-47(48)54(40-21-8-3-9-22-40)45-26-12-11-24-42(45)44-25-16-30-49(55)53(44)54;1-41(2)42(3,4)47-45(46-41)29-25-26-32-30-17-8-11-21-35(30)44(39(32)27-29)37-23-13-12-22-36(37)43(28-15-6-5-7-16-28)34-20-10-9-18-31(34)33-19-14-24-38(44)40(33)43;18-17-12-15(13-7-3-1-4-8-13)11-16(19-17)14-9-5-2-6-10-14;;/h1-35H;5-27H,1-4H3;1-12H;2*1H4/q;;;;-1. The first kappa shape index (κ1) is 77.5. The van der Waals surface area contributed by atoms with Gasteiger partial charge < -0.3 is 9.31 Å². The van der Waals surface area contributed by atoms with Gasteiger partial charge in [-0.25, -0.2) is 9.97 Å². The topological polar surface area (TPSA) is 44.2 Å². The summed E-state index contributed by atoms with van der Waals surface area (Å²) in [4.78, 5) is 9.81. The summed E-state index contributed by atoms with van der Waals surface area (Å²) in [5.74, 6) is 0. The van der Waals surface area contributed by atoms with Gasteiger partial charge in [-0.2, -0.15) is 0 Å². The molecule has 25 rings (SSSR count). The normalized spacial score (nSPS) is 18.4. The number of rotatable bonds is 8. The van der Waals surface area contributed by atoms with Crippen LogP contribution in [0, 0.1) is 0 Å². The van der Waals surface area contributed by atoms with E-state index < -0.39 is 40.0 Å². The molecule has 0 saturated carbocycles. The van der Waals surface area contributed by atoms with Gasteiger partial charge in [0.15, 0.2) is 0 Å². The summed E-state index contributed by atoms with van der Waals surface area (Å²) in [6.07, 6.45) is 0. The molecular formula is C117H90B2ClN2O2-. The first-order valence-electron chi connectivity index (χ1n) is 42.5. The van der Waals surface area contributed by atoms with E-state index >= 15 is 0 Å². The molecule has 2 aromatic heterocycles. The third-order valence-corrected chi connectivity index (χ3v) is 27.9. The highest BCUT2D eigenvalue weighted by molar-refractivity contribution is 6.62. The molecule has 0 bridgehead atoms. The highest BCUT2D eigenvalue weighted by Gasteiger charge is 2.63. The molecule has 18 aromatic rings. The second-order valence-corrected chi connectivity index (χ2v) is 34.7. The third kappa shape index (κ3) is 11.2. The van der Waals surface area contributed by atoms with Crippen LogP contribution in [-0.4, -0.2) is 36.7 Å². The van der Waals surface area contributed by atoms with Crippen LogP contribution in [0.15, 0.2) is 425 Å². The number of aromatic nitrogens is 2. The predicted octanol–water partition coefficient (Wildman–Crippen LogP) is 26.4. The molecule has 1 aliphatic heterocycles. The average Bonchev–Trinajstić information content (AvgIpc) is 1.48. The molecule has 594 valence electrons. The molecule has 1 saturated heterocycles. The van der Waals surface area contributed by atoms with Crippen molar-refractivity contribution >= 4 is 32.6 Å². The zero-order valence-corrected chi connectivity index (χ0v) is 68.8. The maximum atomic E-state index is 6.64. The van der Waals surface area contributed by atoms with E-state index in [-0.39, 0.29) is 15.8 Å². The fraction of sp³-hybridized carbons (Fsp3) is 0.0940. The molecule has 7 heteroatoms. The summed E-state index contributed by atoms with van der Waals surface area (Å²) in [6.45, 7) is 8.51. The van der Waals surface area contributed by atoms with Gasteiger partial charge >= 0.3 is 7.12 Å². The summed E-state index contributed by atoms with van der Waals surface area (Å²) >= 11 is 6.14. The largest absolute Gasteiger partial charge is 0.494 e. The van der Waals surface area contributed by atoms with E-state index in [2.05, 4.69) is 403 Å². The Morgan fingerprint density at radius 1 is 0.226 bits per heavy atom. The minimum Gasteiger partial charge on any atom is -0.399 e. The van der Waals surface area contributed by atoms with Crippen molar-refractivity contribution in [3.05, 3.63) is 519 Å². The Morgan fingerprint density at radius 2 is 0.516 bits per heavy atom. The molecule has 2 spiro atoms. The van der Waals surface area contributed by atoms with Gasteiger partial charge in [0.1, 0.15) is 5.15 Å². The van der Waals surface area contributed by atoms with E-state index in [1.165, 1.54) is 139 Å². The smallest absolute Gasteiger partial charge is 0.399 e. The first-order chi connectivity index (χ1) is 59.9. The number of nitrogens with zero attached hydrogens (tertiary/aromatic N) is 2. The van der Waals surface area contributed by atoms with Crippen molar-refractivity contribution in [3.8, 4) is 101 Å². The molecule has 4 nitrogen and oxygen atoms in total. The van der Waals surface area contributed by atoms with Crippen LogP contribution in [0.25, 0.3) is 101 Å². The molecule has 124 heavy (non-hydrogen) atoms. The Labute approximate surface area is 734 Å². The molecule has 0 N–H and O–H groups in total. The van der Waals surface area contributed by atoms with Gasteiger partial charge in [0.2, 0.25) is 0 Å². The minimum absolute atomic E-state index is 0. The molecule has 0 amide bonds. The van der Waals surface area contributed by atoms with Crippen molar-refractivity contribution in [1.29, 1.82) is 0 Å². The average molecular weight is 1610 g/mol. The Morgan fingerprint density at radius 3 is 0.935 bits per heavy atom. The van der Waals surface area contributed by atoms with Gasteiger partial charge in [0, 0.05) is 16.7 Å². The lowest BCUT2D eigenvalue weighted by molar-refractivity contribution is 0.00578. The van der Waals surface area contributed by atoms with Crippen LogP contribution in [0.5, 0.6) is 0 Å². The fourth-order valence-electron chi connectivity index (χ4n) is 22.1. The highest BCUT2D eigenvalue weighted by atomic mass is 35.5. The van der Waals surface area contributed by atoms with Crippen LogP contribution in [0.1, 0.15) is 124 Å². The van der Waals surface area contributed by atoms with Crippen LogP contribution in [0.4, 0.5) is 0 Å². The molecule has 16 aromatic carbocycles. The van der Waals surface area contributed by atoms with E-state index in [1.54, 1.807) is 0 Å². The van der Waals surface area contributed by atoms with Crippen molar-refractivity contribution in [3.63, 3.8) is 0 Å². The number of hydrogen-bond donors (Lipinski definition) is 0. The Hall–Kier alpha value is -13.8. The highest BCUT2D eigenvalue weighted by Crippen LogP contribution is 2.71.